The molecule has 0 fully saturated rings. The number of nitrogens with one attached hydrogen (secondary N) is 1. The predicted molar refractivity (Wildman–Crippen MR) is 112 cm³/mol. The molecule has 1 N–H and O–H groups in total. The van der Waals surface area contributed by atoms with Gasteiger partial charge in [-0.05, 0) is 59.3 Å². The molecule has 2 aromatic carbocycles. The number of rotatable bonds is 10. The van der Waals surface area contributed by atoms with Crippen LogP contribution in [0.5, 0.6) is 17.6 Å². The number of aromatic nitrogens is 5. The van der Waals surface area contributed by atoms with Crippen molar-refractivity contribution in [3.63, 3.8) is 0 Å². The molecule has 0 aliphatic heterocycles. The summed E-state index contributed by atoms with van der Waals surface area (Å²) in [5.41, 5.74) is 1.94. The largest absolute Gasteiger partial charge is 0.478 e. The van der Waals surface area contributed by atoms with Gasteiger partial charge in [-0.3, -0.25) is 0 Å². The van der Waals surface area contributed by atoms with Crippen molar-refractivity contribution in [2.45, 2.75) is 13.0 Å². The molecule has 30 heavy (non-hydrogen) atoms. The fourth-order valence-corrected chi connectivity index (χ4v) is 2.84. The first kappa shape index (κ1) is 19.5. The van der Waals surface area contributed by atoms with Gasteiger partial charge in [0.05, 0.1) is 12.3 Å². The van der Waals surface area contributed by atoms with Crippen LogP contribution in [0.4, 0.5) is 0 Å². The molecule has 152 valence electrons. The second kappa shape index (κ2) is 10.1. The second-order valence-electron chi connectivity index (χ2n) is 6.51. The molecular weight excluding hydrogens is 380 g/mol. The Hall–Kier alpha value is -3.78. The van der Waals surface area contributed by atoms with Gasteiger partial charge in [-0.1, -0.05) is 41.5 Å². The lowest BCUT2D eigenvalue weighted by atomic mass is 10.2. The molecular formula is C22H22N6O2. The average molecular weight is 402 g/mol. The summed E-state index contributed by atoms with van der Waals surface area (Å²) in [5, 5.41) is 15.1. The van der Waals surface area contributed by atoms with Crippen LogP contribution in [-0.4, -0.2) is 38.3 Å². The van der Waals surface area contributed by atoms with Crippen molar-refractivity contribution >= 4 is 0 Å². The van der Waals surface area contributed by atoms with Gasteiger partial charge in [-0.15, -0.1) is 0 Å². The molecule has 0 radical (unpaired) electrons. The van der Waals surface area contributed by atoms with E-state index in [-0.39, 0.29) is 0 Å². The van der Waals surface area contributed by atoms with Crippen LogP contribution in [0, 0.1) is 0 Å². The number of nitrogens with zero attached hydrogens (tertiary/aromatic N) is 5. The zero-order chi connectivity index (χ0) is 20.4. The number of benzene rings is 2. The maximum Gasteiger partial charge on any atom is 0.345 e. The van der Waals surface area contributed by atoms with Gasteiger partial charge < -0.3 is 14.8 Å². The van der Waals surface area contributed by atoms with E-state index in [1.807, 2.05) is 72.8 Å². The highest BCUT2D eigenvalue weighted by molar-refractivity contribution is 5.34. The molecule has 0 spiro atoms. The van der Waals surface area contributed by atoms with E-state index in [1.54, 1.807) is 10.9 Å². The van der Waals surface area contributed by atoms with Gasteiger partial charge in [0.15, 0.2) is 0 Å². The summed E-state index contributed by atoms with van der Waals surface area (Å²) in [6.45, 7) is 2.18. The van der Waals surface area contributed by atoms with Crippen LogP contribution < -0.4 is 14.8 Å². The van der Waals surface area contributed by atoms with E-state index in [4.69, 9.17) is 9.47 Å². The average Bonchev–Trinajstić information content (AvgIpc) is 3.26. The van der Waals surface area contributed by atoms with Gasteiger partial charge in [0, 0.05) is 18.8 Å². The fourth-order valence-electron chi connectivity index (χ4n) is 2.84. The number of hydrogen-bond donors (Lipinski definition) is 1. The molecule has 0 aliphatic carbocycles. The van der Waals surface area contributed by atoms with Crippen LogP contribution in [0.1, 0.15) is 12.0 Å². The molecule has 0 aliphatic rings. The number of para-hydroxylation sites is 1. The Bertz CT molecular complexity index is 1040. The molecule has 0 unspecified atom stereocenters. The van der Waals surface area contributed by atoms with Crippen LogP contribution in [0.25, 0.3) is 5.69 Å². The van der Waals surface area contributed by atoms with Gasteiger partial charge in [0.1, 0.15) is 5.75 Å². The molecule has 8 heteroatoms. The molecule has 4 rings (SSSR count). The minimum Gasteiger partial charge on any atom is -0.478 e. The van der Waals surface area contributed by atoms with Crippen molar-refractivity contribution in [1.82, 2.24) is 30.5 Å². The summed E-state index contributed by atoms with van der Waals surface area (Å²) in [7, 11) is 0. The Morgan fingerprint density at radius 2 is 1.83 bits per heavy atom. The highest BCUT2D eigenvalue weighted by atomic mass is 16.5. The van der Waals surface area contributed by atoms with Gasteiger partial charge in [0.25, 0.3) is 0 Å². The van der Waals surface area contributed by atoms with Crippen molar-refractivity contribution in [1.29, 1.82) is 0 Å². The lowest BCUT2D eigenvalue weighted by Gasteiger charge is -2.09. The standard InChI is InChI=1S/C22H22N6O2/c1-2-9-19(10-3-1)28-22(25-26-27-28)30-20-11-6-8-18(16-20)17-23-13-7-15-29-21-12-4-5-14-24-21/h1-6,8-12,14,16,23H,7,13,15,17H2. The molecule has 0 atom stereocenters. The van der Waals surface area contributed by atoms with E-state index < -0.39 is 0 Å². The fraction of sp³-hybridized carbons (Fsp3) is 0.182. The number of pyridine rings is 1. The van der Waals surface area contributed by atoms with Gasteiger partial charge in [0.2, 0.25) is 5.88 Å². The Balaban J connectivity index is 1.26. The van der Waals surface area contributed by atoms with Gasteiger partial charge >= 0.3 is 6.01 Å². The van der Waals surface area contributed by atoms with Crippen LogP contribution in [0.15, 0.2) is 79.0 Å². The molecule has 0 amide bonds. The third-order valence-electron chi connectivity index (χ3n) is 4.26. The van der Waals surface area contributed by atoms with Crippen LogP contribution in [-0.2, 0) is 6.54 Å². The first-order chi connectivity index (χ1) is 14.9. The molecule has 2 aromatic heterocycles. The first-order valence-electron chi connectivity index (χ1n) is 9.74. The van der Waals surface area contributed by atoms with E-state index in [1.165, 1.54) is 0 Å². The van der Waals surface area contributed by atoms with Crippen LogP contribution in [0.2, 0.25) is 0 Å². The van der Waals surface area contributed by atoms with Crippen molar-refractivity contribution in [2.75, 3.05) is 13.2 Å². The molecule has 4 aromatic rings. The summed E-state index contributed by atoms with van der Waals surface area (Å²) in [5.74, 6) is 1.33. The van der Waals surface area contributed by atoms with Crippen LogP contribution >= 0.6 is 0 Å². The molecule has 0 saturated carbocycles. The summed E-state index contributed by atoms with van der Waals surface area (Å²) in [4.78, 5) is 4.14. The molecule has 0 bridgehead atoms. The van der Waals surface area contributed by atoms with Crippen LogP contribution in [0.3, 0.4) is 0 Å². The Kier molecular flexibility index (Phi) is 6.59. The normalized spacial score (nSPS) is 10.7. The lowest BCUT2D eigenvalue weighted by molar-refractivity contribution is 0.296. The smallest absolute Gasteiger partial charge is 0.345 e. The Labute approximate surface area is 174 Å². The molecule has 2 heterocycles. The van der Waals surface area contributed by atoms with E-state index in [0.29, 0.717) is 24.2 Å². The highest BCUT2D eigenvalue weighted by Crippen LogP contribution is 2.22. The quantitative estimate of drug-likeness (QED) is 0.407. The van der Waals surface area contributed by atoms with Crippen molar-refractivity contribution < 1.29 is 9.47 Å². The van der Waals surface area contributed by atoms with Crippen molar-refractivity contribution in [2.24, 2.45) is 0 Å². The minimum absolute atomic E-state index is 0.318. The first-order valence-corrected chi connectivity index (χ1v) is 9.74. The zero-order valence-electron chi connectivity index (χ0n) is 16.4. The monoisotopic (exact) mass is 402 g/mol. The summed E-state index contributed by atoms with van der Waals surface area (Å²) < 4.78 is 13.1. The summed E-state index contributed by atoms with van der Waals surface area (Å²) >= 11 is 0. The van der Waals surface area contributed by atoms with Gasteiger partial charge in [-0.25, -0.2) is 4.98 Å². The van der Waals surface area contributed by atoms with Crippen molar-refractivity contribution in [3.8, 4) is 23.3 Å². The summed E-state index contributed by atoms with van der Waals surface area (Å²) in [6, 6.07) is 23.4. The van der Waals surface area contributed by atoms with E-state index in [0.717, 1.165) is 30.8 Å². The maximum atomic E-state index is 5.91. The zero-order valence-corrected chi connectivity index (χ0v) is 16.4. The Morgan fingerprint density at radius 3 is 2.70 bits per heavy atom. The lowest BCUT2D eigenvalue weighted by Crippen LogP contribution is -2.17. The van der Waals surface area contributed by atoms with Gasteiger partial charge in [-0.2, -0.15) is 4.68 Å². The Morgan fingerprint density at radius 1 is 0.933 bits per heavy atom. The number of tetrazole rings is 1. The van der Waals surface area contributed by atoms with E-state index in [9.17, 15) is 0 Å². The molecule has 0 saturated heterocycles. The predicted octanol–water partition coefficient (Wildman–Crippen LogP) is 3.41. The number of hydrogen-bond acceptors (Lipinski definition) is 7. The topological polar surface area (TPSA) is 87.0 Å². The third-order valence-corrected chi connectivity index (χ3v) is 4.26. The van der Waals surface area contributed by atoms with E-state index >= 15 is 0 Å². The maximum absolute atomic E-state index is 5.91. The molecule has 8 nitrogen and oxygen atoms in total. The van der Waals surface area contributed by atoms with E-state index in [2.05, 4.69) is 25.8 Å². The SMILES string of the molecule is c1ccc(-n2nnnc2Oc2cccc(CNCCCOc3ccccn3)c2)cc1. The second-order valence-corrected chi connectivity index (χ2v) is 6.51. The minimum atomic E-state index is 0.318. The van der Waals surface area contributed by atoms with Crippen molar-refractivity contribution in [3.05, 3.63) is 84.6 Å². The number of ether oxygens (including phenoxy) is 2. The summed E-state index contributed by atoms with van der Waals surface area (Å²) in [6.07, 6.45) is 2.61. The highest BCUT2D eigenvalue weighted by Gasteiger charge is 2.10. The third kappa shape index (κ3) is 5.39.